The molecule has 1 fully saturated rings. The highest BCUT2D eigenvalue weighted by atomic mass is 32.2. The Labute approximate surface area is 106 Å². The smallest absolute Gasteiger partial charge is 0.152 e. The quantitative estimate of drug-likeness (QED) is 0.767. The Balaban J connectivity index is 2.46. The molecule has 1 atom stereocenters. The van der Waals surface area contributed by atoms with Crippen molar-refractivity contribution in [2.24, 2.45) is 5.41 Å². The van der Waals surface area contributed by atoms with E-state index < -0.39 is 9.84 Å². The molecule has 1 rings (SSSR count). The van der Waals surface area contributed by atoms with E-state index in [1.54, 1.807) is 0 Å². The van der Waals surface area contributed by atoms with Gasteiger partial charge in [0, 0.05) is 26.2 Å². The lowest BCUT2D eigenvalue weighted by atomic mass is 9.86. The Morgan fingerprint density at radius 2 is 1.82 bits per heavy atom. The van der Waals surface area contributed by atoms with Crippen molar-refractivity contribution in [1.29, 1.82) is 0 Å². The van der Waals surface area contributed by atoms with E-state index in [1.165, 1.54) is 0 Å². The summed E-state index contributed by atoms with van der Waals surface area (Å²) in [5, 5.41) is 3.40. The number of rotatable bonds is 6. The first kappa shape index (κ1) is 14.9. The largest absolute Gasteiger partial charge is 0.316 e. The normalized spacial score (nSPS) is 24.4. The number of nitrogens with one attached hydrogen (secondary N) is 1. The maximum absolute atomic E-state index is 11.4. The summed E-state index contributed by atoms with van der Waals surface area (Å²) in [5.74, 6) is 0.655. The Bertz CT molecular complexity index is 315. The topological polar surface area (TPSA) is 49.4 Å². The summed E-state index contributed by atoms with van der Waals surface area (Å²) in [4.78, 5) is 2.29. The van der Waals surface area contributed by atoms with E-state index >= 15 is 0 Å². The highest BCUT2D eigenvalue weighted by molar-refractivity contribution is 7.91. The van der Waals surface area contributed by atoms with Crippen molar-refractivity contribution in [2.75, 3.05) is 44.2 Å². The summed E-state index contributed by atoms with van der Waals surface area (Å²) in [6, 6.07) is 0. The van der Waals surface area contributed by atoms with Gasteiger partial charge in [-0.3, -0.25) is 0 Å². The summed E-state index contributed by atoms with van der Waals surface area (Å²) < 4.78 is 22.7. The molecular formula is C12H26N2O2S. The summed E-state index contributed by atoms with van der Waals surface area (Å²) in [6.07, 6.45) is 1.11. The predicted octanol–water partition coefficient (Wildman–Crippen LogP) is 0.743. The summed E-state index contributed by atoms with van der Waals surface area (Å²) in [5.41, 5.74) is 0.247. The number of nitrogens with zero attached hydrogens (tertiary/aromatic N) is 1. The van der Waals surface area contributed by atoms with Crippen molar-refractivity contribution in [2.45, 2.75) is 27.2 Å². The molecule has 0 amide bonds. The van der Waals surface area contributed by atoms with E-state index in [2.05, 4.69) is 31.0 Å². The van der Waals surface area contributed by atoms with Gasteiger partial charge in [-0.05, 0) is 18.4 Å². The zero-order valence-corrected chi connectivity index (χ0v) is 12.1. The third-order valence-electron chi connectivity index (χ3n) is 3.70. The summed E-state index contributed by atoms with van der Waals surface area (Å²) >= 11 is 0. The molecule has 1 heterocycles. The number of sulfone groups is 1. The van der Waals surface area contributed by atoms with E-state index in [0.717, 1.165) is 26.1 Å². The van der Waals surface area contributed by atoms with Gasteiger partial charge in [0.1, 0.15) is 0 Å². The van der Waals surface area contributed by atoms with E-state index in [9.17, 15) is 8.42 Å². The molecule has 5 heteroatoms. The Morgan fingerprint density at radius 3 is 2.29 bits per heavy atom. The van der Waals surface area contributed by atoms with E-state index in [-0.39, 0.29) is 5.41 Å². The Morgan fingerprint density at radius 1 is 1.24 bits per heavy atom. The Hall–Kier alpha value is -0.130. The second-order valence-corrected chi connectivity index (χ2v) is 7.68. The molecule has 1 saturated heterocycles. The zero-order chi connectivity index (χ0) is 12.9. The van der Waals surface area contributed by atoms with Gasteiger partial charge in [0.05, 0.1) is 11.5 Å². The SMILES string of the molecule is CCNCC(C)(CC)CN1CCS(=O)(=O)CC1. The van der Waals surface area contributed by atoms with Gasteiger partial charge < -0.3 is 10.2 Å². The minimum atomic E-state index is -2.75. The van der Waals surface area contributed by atoms with Crippen molar-refractivity contribution < 1.29 is 8.42 Å². The van der Waals surface area contributed by atoms with Gasteiger partial charge in [-0.1, -0.05) is 20.8 Å². The van der Waals surface area contributed by atoms with Crippen LogP contribution in [0.25, 0.3) is 0 Å². The van der Waals surface area contributed by atoms with Crippen molar-refractivity contribution >= 4 is 9.84 Å². The molecule has 0 radical (unpaired) electrons. The third-order valence-corrected chi connectivity index (χ3v) is 5.31. The Kier molecular flexibility index (Phi) is 5.41. The minimum absolute atomic E-state index is 0.247. The molecule has 0 aliphatic carbocycles. The van der Waals surface area contributed by atoms with Crippen molar-refractivity contribution in [1.82, 2.24) is 10.2 Å². The van der Waals surface area contributed by atoms with Crippen LogP contribution in [0.3, 0.4) is 0 Å². The van der Waals surface area contributed by atoms with Crippen LogP contribution in [0.1, 0.15) is 27.2 Å². The van der Waals surface area contributed by atoms with Gasteiger partial charge in [-0.25, -0.2) is 8.42 Å². The molecule has 4 nitrogen and oxygen atoms in total. The van der Waals surface area contributed by atoms with Gasteiger partial charge in [0.15, 0.2) is 9.84 Å². The van der Waals surface area contributed by atoms with Crippen LogP contribution in [-0.2, 0) is 9.84 Å². The summed E-state index contributed by atoms with van der Waals surface area (Å²) in [7, 11) is -2.75. The fourth-order valence-electron chi connectivity index (χ4n) is 2.17. The lowest BCUT2D eigenvalue weighted by molar-refractivity contribution is 0.164. The summed E-state index contributed by atoms with van der Waals surface area (Å²) in [6.45, 7) is 11.0. The molecule has 1 N–H and O–H groups in total. The fraction of sp³-hybridized carbons (Fsp3) is 1.00. The first-order valence-electron chi connectivity index (χ1n) is 6.54. The second kappa shape index (κ2) is 6.16. The lowest BCUT2D eigenvalue weighted by Gasteiger charge is -2.36. The molecule has 17 heavy (non-hydrogen) atoms. The van der Waals surface area contributed by atoms with Crippen LogP contribution < -0.4 is 5.32 Å². The van der Waals surface area contributed by atoms with Crippen LogP contribution in [0.15, 0.2) is 0 Å². The van der Waals surface area contributed by atoms with E-state index in [0.29, 0.717) is 24.6 Å². The van der Waals surface area contributed by atoms with Crippen LogP contribution in [0.4, 0.5) is 0 Å². The van der Waals surface area contributed by atoms with Crippen molar-refractivity contribution in [3.63, 3.8) is 0 Å². The van der Waals surface area contributed by atoms with Crippen LogP contribution in [-0.4, -0.2) is 57.5 Å². The third kappa shape index (κ3) is 4.94. The van der Waals surface area contributed by atoms with Gasteiger partial charge in [0.25, 0.3) is 0 Å². The molecule has 102 valence electrons. The molecule has 0 aromatic rings. The van der Waals surface area contributed by atoms with Crippen LogP contribution in [0.5, 0.6) is 0 Å². The average Bonchev–Trinajstić information content (AvgIpc) is 2.30. The van der Waals surface area contributed by atoms with Crippen molar-refractivity contribution in [3.8, 4) is 0 Å². The van der Waals surface area contributed by atoms with Gasteiger partial charge in [0.2, 0.25) is 0 Å². The zero-order valence-electron chi connectivity index (χ0n) is 11.3. The predicted molar refractivity (Wildman–Crippen MR) is 72.0 cm³/mol. The monoisotopic (exact) mass is 262 g/mol. The fourth-order valence-corrected chi connectivity index (χ4v) is 3.44. The van der Waals surface area contributed by atoms with Crippen molar-refractivity contribution in [3.05, 3.63) is 0 Å². The first-order chi connectivity index (χ1) is 7.91. The molecule has 1 aliphatic heterocycles. The molecule has 0 aromatic carbocycles. The van der Waals surface area contributed by atoms with E-state index in [1.807, 2.05) is 0 Å². The molecular weight excluding hydrogens is 236 g/mol. The van der Waals surface area contributed by atoms with E-state index in [4.69, 9.17) is 0 Å². The average molecular weight is 262 g/mol. The highest BCUT2D eigenvalue weighted by Crippen LogP contribution is 2.22. The van der Waals surface area contributed by atoms with Gasteiger partial charge in [-0.2, -0.15) is 0 Å². The standard InChI is InChI=1S/C12H26N2O2S/c1-4-12(3,10-13-5-2)11-14-6-8-17(15,16)9-7-14/h13H,4-11H2,1-3H3. The minimum Gasteiger partial charge on any atom is -0.316 e. The first-order valence-corrected chi connectivity index (χ1v) is 8.36. The molecule has 1 unspecified atom stereocenters. The molecule has 0 saturated carbocycles. The number of hydrogen-bond acceptors (Lipinski definition) is 4. The lowest BCUT2D eigenvalue weighted by Crippen LogP contribution is -2.47. The molecule has 0 aromatic heterocycles. The van der Waals surface area contributed by atoms with Crippen LogP contribution in [0.2, 0.25) is 0 Å². The molecule has 0 bridgehead atoms. The number of hydrogen-bond donors (Lipinski definition) is 1. The van der Waals surface area contributed by atoms with Gasteiger partial charge >= 0.3 is 0 Å². The second-order valence-electron chi connectivity index (χ2n) is 5.37. The molecule has 0 spiro atoms. The van der Waals surface area contributed by atoms with Crippen LogP contribution >= 0.6 is 0 Å². The maximum Gasteiger partial charge on any atom is 0.152 e. The van der Waals surface area contributed by atoms with Crippen LogP contribution in [0, 0.1) is 5.41 Å². The van der Waals surface area contributed by atoms with Gasteiger partial charge in [-0.15, -0.1) is 0 Å². The maximum atomic E-state index is 11.4. The highest BCUT2D eigenvalue weighted by Gasteiger charge is 2.28. The molecule has 1 aliphatic rings.